The number of hydrogen-bond acceptors (Lipinski definition) is 4. The van der Waals surface area contributed by atoms with Crippen LogP contribution in [0.15, 0.2) is 0 Å². The summed E-state index contributed by atoms with van der Waals surface area (Å²) in [4.78, 5) is 4.83. The van der Waals surface area contributed by atoms with Crippen molar-refractivity contribution in [1.82, 2.24) is 15.1 Å². The van der Waals surface area contributed by atoms with Crippen molar-refractivity contribution in [3.8, 4) is 0 Å². The highest BCUT2D eigenvalue weighted by Gasteiger charge is 2.28. The summed E-state index contributed by atoms with van der Waals surface area (Å²) < 4.78 is 5.57. The third-order valence-corrected chi connectivity index (χ3v) is 3.47. The molecule has 0 amide bonds. The van der Waals surface area contributed by atoms with Crippen molar-refractivity contribution in [2.45, 2.75) is 19.4 Å². The smallest absolute Gasteiger partial charge is 0.0623 e. The predicted molar refractivity (Wildman–Crippen MR) is 72.4 cm³/mol. The predicted octanol–water partition coefficient (Wildman–Crippen LogP) is 0.494. The molecule has 0 aromatic carbocycles. The Kier molecular flexibility index (Phi) is 7.04. The molecular formula is C13H29N3O. The molecule has 1 fully saturated rings. The minimum Gasteiger partial charge on any atom is -0.379 e. The summed E-state index contributed by atoms with van der Waals surface area (Å²) in [5, 5.41) is 3.36. The maximum atomic E-state index is 5.57. The summed E-state index contributed by atoms with van der Waals surface area (Å²) in [6.07, 6.45) is 1.23. The number of nitrogens with one attached hydrogen (secondary N) is 1. The normalized spacial score (nSPS) is 25.1. The van der Waals surface area contributed by atoms with Gasteiger partial charge in [0.1, 0.15) is 0 Å². The second kappa shape index (κ2) is 8.03. The van der Waals surface area contributed by atoms with E-state index < -0.39 is 0 Å². The van der Waals surface area contributed by atoms with Gasteiger partial charge in [-0.15, -0.1) is 0 Å². The van der Waals surface area contributed by atoms with Crippen molar-refractivity contribution in [1.29, 1.82) is 0 Å². The molecule has 1 rings (SSSR count). The van der Waals surface area contributed by atoms with Crippen LogP contribution in [0.2, 0.25) is 0 Å². The summed E-state index contributed by atoms with van der Waals surface area (Å²) in [5.41, 5.74) is 0. The standard InChI is InChI=1S/C13H29N3O/c1-5-6-16(8-7-15(3)4)9-12-10-17-11-13(12)14-2/h12-14H,5-11H2,1-4H3. The molecule has 0 spiro atoms. The Labute approximate surface area is 106 Å². The van der Waals surface area contributed by atoms with Crippen LogP contribution >= 0.6 is 0 Å². The van der Waals surface area contributed by atoms with Gasteiger partial charge in [0, 0.05) is 31.6 Å². The van der Waals surface area contributed by atoms with Crippen LogP contribution in [0.25, 0.3) is 0 Å². The van der Waals surface area contributed by atoms with Crippen LogP contribution in [0.5, 0.6) is 0 Å². The molecule has 102 valence electrons. The van der Waals surface area contributed by atoms with Crippen LogP contribution in [0.1, 0.15) is 13.3 Å². The summed E-state index contributed by atoms with van der Waals surface area (Å²) in [5.74, 6) is 0.647. The summed E-state index contributed by atoms with van der Waals surface area (Å²) >= 11 is 0. The van der Waals surface area contributed by atoms with E-state index in [4.69, 9.17) is 4.74 Å². The second-order valence-electron chi connectivity index (χ2n) is 5.30. The van der Waals surface area contributed by atoms with E-state index in [0.717, 1.165) is 32.8 Å². The zero-order chi connectivity index (χ0) is 12.7. The van der Waals surface area contributed by atoms with E-state index >= 15 is 0 Å². The summed E-state index contributed by atoms with van der Waals surface area (Å²) in [7, 11) is 6.31. The maximum absolute atomic E-state index is 5.57. The molecule has 1 heterocycles. The number of rotatable bonds is 8. The van der Waals surface area contributed by atoms with Crippen LogP contribution < -0.4 is 5.32 Å². The van der Waals surface area contributed by atoms with Crippen LogP contribution in [0.4, 0.5) is 0 Å². The first-order chi connectivity index (χ1) is 8.17. The van der Waals surface area contributed by atoms with Gasteiger partial charge >= 0.3 is 0 Å². The van der Waals surface area contributed by atoms with Crippen molar-refractivity contribution >= 4 is 0 Å². The highest BCUT2D eigenvalue weighted by Crippen LogP contribution is 2.15. The number of nitrogens with zero attached hydrogens (tertiary/aromatic N) is 2. The molecule has 1 aliphatic heterocycles. The van der Waals surface area contributed by atoms with Gasteiger partial charge in [0.25, 0.3) is 0 Å². The van der Waals surface area contributed by atoms with E-state index in [2.05, 4.69) is 36.1 Å². The monoisotopic (exact) mass is 243 g/mol. The van der Waals surface area contributed by atoms with Crippen LogP contribution in [0.3, 0.4) is 0 Å². The molecule has 4 heteroatoms. The molecule has 17 heavy (non-hydrogen) atoms. The molecule has 0 radical (unpaired) electrons. The zero-order valence-corrected chi connectivity index (χ0v) is 11.9. The number of ether oxygens (including phenoxy) is 1. The van der Waals surface area contributed by atoms with Gasteiger partial charge in [-0.1, -0.05) is 6.92 Å². The Morgan fingerprint density at radius 3 is 2.53 bits per heavy atom. The average Bonchev–Trinajstić information content (AvgIpc) is 2.73. The highest BCUT2D eigenvalue weighted by molar-refractivity contribution is 4.82. The highest BCUT2D eigenvalue weighted by atomic mass is 16.5. The minimum absolute atomic E-state index is 0.536. The van der Waals surface area contributed by atoms with Crippen molar-refractivity contribution in [2.75, 3.05) is 60.5 Å². The van der Waals surface area contributed by atoms with Gasteiger partial charge < -0.3 is 19.9 Å². The Hall–Kier alpha value is -0.160. The Morgan fingerprint density at radius 1 is 1.18 bits per heavy atom. The molecule has 2 unspecified atom stereocenters. The number of likely N-dealkylation sites (N-methyl/N-ethyl adjacent to an activating group) is 2. The molecule has 0 aromatic heterocycles. The molecule has 0 bridgehead atoms. The topological polar surface area (TPSA) is 27.7 Å². The van der Waals surface area contributed by atoms with Crippen molar-refractivity contribution < 1.29 is 4.74 Å². The lowest BCUT2D eigenvalue weighted by molar-refractivity contribution is 0.162. The molecule has 1 aliphatic rings. The fourth-order valence-corrected chi connectivity index (χ4v) is 2.38. The van der Waals surface area contributed by atoms with E-state index in [9.17, 15) is 0 Å². The van der Waals surface area contributed by atoms with Gasteiger partial charge in [0.2, 0.25) is 0 Å². The lowest BCUT2D eigenvalue weighted by Crippen LogP contribution is -2.42. The van der Waals surface area contributed by atoms with E-state index in [1.165, 1.54) is 13.0 Å². The van der Waals surface area contributed by atoms with Crippen molar-refractivity contribution in [3.63, 3.8) is 0 Å². The molecule has 0 aliphatic carbocycles. The molecule has 0 saturated carbocycles. The summed E-state index contributed by atoms with van der Waals surface area (Å²) in [6.45, 7) is 8.69. The van der Waals surface area contributed by atoms with Gasteiger partial charge in [-0.2, -0.15) is 0 Å². The quantitative estimate of drug-likeness (QED) is 0.672. The molecule has 1 N–H and O–H groups in total. The Morgan fingerprint density at radius 2 is 1.94 bits per heavy atom. The van der Waals surface area contributed by atoms with Crippen LogP contribution in [-0.4, -0.2) is 76.4 Å². The fourth-order valence-electron chi connectivity index (χ4n) is 2.38. The van der Waals surface area contributed by atoms with Gasteiger partial charge in [-0.25, -0.2) is 0 Å². The number of hydrogen-bond donors (Lipinski definition) is 1. The van der Waals surface area contributed by atoms with Gasteiger partial charge in [0.05, 0.1) is 13.2 Å². The minimum atomic E-state index is 0.536. The molecule has 1 saturated heterocycles. The first-order valence-corrected chi connectivity index (χ1v) is 6.79. The van der Waals surface area contributed by atoms with E-state index in [-0.39, 0.29) is 0 Å². The van der Waals surface area contributed by atoms with Gasteiger partial charge in [-0.05, 0) is 34.1 Å². The Balaban J connectivity index is 2.36. The third kappa shape index (κ3) is 5.34. The van der Waals surface area contributed by atoms with E-state index in [1.807, 2.05) is 7.05 Å². The van der Waals surface area contributed by atoms with E-state index in [1.54, 1.807) is 0 Å². The maximum Gasteiger partial charge on any atom is 0.0623 e. The SMILES string of the molecule is CCCN(CCN(C)C)CC1COCC1NC. The first kappa shape index (κ1) is 14.9. The second-order valence-corrected chi connectivity index (χ2v) is 5.30. The van der Waals surface area contributed by atoms with Gasteiger partial charge in [-0.3, -0.25) is 0 Å². The lowest BCUT2D eigenvalue weighted by Gasteiger charge is -2.28. The Bertz CT molecular complexity index is 199. The van der Waals surface area contributed by atoms with Crippen molar-refractivity contribution in [2.24, 2.45) is 5.92 Å². The molecule has 0 aromatic rings. The molecular weight excluding hydrogens is 214 g/mol. The molecule has 2 atom stereocenters. The first-order valence-electron chi connectivity index (χ1n) is 6.79. The zero-order valence-electron chi connectivity index (χ0n) is 11.9. The van der Waals surface area contributed by atoms with E-state index in [0.29, 0.717) is 12.0 Å². The van der Waals surface area contributed by atoms with Crippen LogP contribution in [-0.2, 0) is 4.74 Å². The third-order valence-electron chi connectivity index (χ3n) is 3.47. The van der Waals surface area contributed by atoms with Crippen molar-refractivity contribution in [3.05, 3.63) is 0 Å². The van der Waals surface area contributed by atoms with Crippen LogP contribution in [0, 0.1) is 5.92 Å². The van der Waals surface area contributed by atoms with Gasteiger partial charge in [0.15, 0.2) is 0 Å². The fraction of sp³-hybridized carbons (Fsp3) is 1.00. The lowest BCUT2D eigenvalue weighted by atomic mass is 10.0. The average molecular weight is 243 g/mol. The largest absolute Gasteiger partial charge is 0.379 e. The molecule has 4 nitrogen and oxygen atoms in total. The summed E-state index contributed by atoms with van der Waals surface area (Å²) in [6, 6.07) is 0.536.